The van der Waals surface area contributed by atoms with Crippen molar-refractivity contribution in [1.82, 2.24) is 5.43 Å². The quantitative estimate of drug-likeness (QED) is 0.472. The first-order valence-electron chi connectivity index (χ1n) is 8.07. The minimum absolute atomic E-state index is 0.0538. The number of methoxy groups -OCH3 is 1. The normalized spacial score (nSPS) is 10.8. The highest BCUT2D eigenvalue weighted by Crippen LogP contribution is 2.21. The van der Waals surface area contributed by atoms with Crippen LogP contribution < -0.4 is 15.5 Å². The summed E-state index contributed by atoms with van der Waals surface area (Å²) in [5.74, 6) is 0.350. The molecule has 0 aromatic heterocycles. The molecule has 0 aliphatic carbocycles. The molecule has 26 heavy (non-hydrogen) atoms. The fraction of sp³-hybridized carbons (Fsp3) is 0.100. The van der Waals surface area contributed by atoms with Crippen molar-refractivity contribution in [3.05, 3.63) is 66.2 Å². The SMILES string of the molecule is COc1ccc(O)c(/C=N\NC(=O)CNc2ccc3ccccc3c2)c1. The lowest BCUT2D eigenvalue weighted by Crippen LogP contribution is -2.25. The summed E-state index contributed by atoms with van der Waals surface area (Å²) in [6, 6.07) is 18.7. The first-order valence-corrected chi connectivity index (χ1v) is 8.07. The summed E-state index contributed by atoms with van der Waals surface area (Å²) in [6.45, 7) is 0.0831. The fourth-order valence-electron chi connectivity index (χ4n) is 2.46. The van der Waals surface area contributed by atoms with Gasteiger partial charge in [0.15, 0.2) is 0 Å². The van der Waals surface area contributed by atoms with E-state index in [2.05, 4.69) is 15.8 Å². The lowest BCUT2D eigenvalue weighted by atomic mass is 10.1. The maximum Gasteiger partial charge on any atom is 0.259 e. The minimum atomic E-state index is -0.295. The smallest absolute Gasteiger partial charge is 0.259 e. The number of nitrogens with one attached hydrogen (secondary N) is 2. The summed E-state index contributed by atoms with van der Waals surface area (Å²) in [6.07, 6.45) is 1.37. The van der Waals surface area contributed by atoms with E-state index in [1.807, 2.05) is 42.5 Å². The predicted octanol–water partition coefficient (Wildman–Crippen LogP) is 3.12. The van der Waals surface area contributed by atoms with Crippen molar-refractivity contribution in [2.45, 2.75) is 0 Å². The van der Waals surface area contributed by atoms with E-state index < -0.39 is 0 Å². The van der Waals surface area contributed by atoms with E-state index in [0.29, 0.717) is 11.3 Å². The van der Waals surface area contributed by atoms with Crippen molar-refractivity contribution in [2.24, 2.45) is 5.10 Å². The largest absolute Gasteiger partial charge is 0.507 e. The molecule has 0 aliphatic heterocycles. The third-order valence-corrected chi connectivity index (χ3v) is 3.83. The van der Waals surface area contributed by atoms with Gasteiger partial charge in [0, 0.05) is 11.3 Å². The second kappa shape index (κ2) is 8.02. The fourth-order valence-corrected chi connectivity index (χ4v) is 2.46. The van der Waals surface area contributed by atoms with E-state index in [4.69, 9.17) is 4.74 Å². The standard InChI is InChI=1S/C20H19N3O3/c1-26-18-8-9-19(24)16(11-18)12-22-23-20(25)13-21-17-7-6-14-4-2-3-5-15(14)10-17/h2-12,21,24H,13H2,1H3,(H,23,25)/b22-12-. The molecule has 0 atom stereocenters. The Morgan fingerprint density at radius 2 is 1.92 bits per heavy atom. The molecule has 0 bridgehead atoms. The lowest BCUT2D eigenvalue weighted by molar-refractivity contribution is -0.119. The molecular formula is C20H19N3O3. The zero-order valence-corrected chi connectivity index (χ0v) is 14.3. The van der Waals surface area contributed by atoms with E-state index in [-0.39, 0.29) is 18.2 Å². The highest BCUT2D eigenvalue weighted by molar-refractivity contribution is 5.88. The van der Waals surface area contributed by atoms with Crippen LogP contribution in [-0.4, -0.2) is 30.9 Å². The molecule has 0 heterocycles. The first-order chi connectivity index (χ1) is 12.7. The number of fused-ring (bicyclic) bond motifs is 1. The second-order valence-electron chi connectivity index (χ2n) is 5.63. The van der Waals surface area contributed by atoms with Gasteiger partial charge in [0.25, 0.3) is 5.91 Å². The number of rotatable bonds is 6. The highest BCUT2D eigenvalue weighted by atomic mass is 16.5. The van der Waals surface area contributed by atoms with Crippen LogP contribution in [-0.2, 0) is 4.79 Å². The van der Waals surface area contributed by atoms with Crippen LogP contribution in [0.1, 0.15) is 5.56 Å². The van der Waals surface area contributed by atoms with Gasteiger partial charge in [-0.05, 0) is 41.1 Å². The number of hydrogen-bond acceptors (Lipinski definition) is 5. The van der Waals surface area contributed by atoms with Crippen LogP contribution in [0.2, 0.25) is 0 Å². The predicted molar refractivity (Wildman–Crippen MR) is 103 cm³/mol. The maximum atomic E-state index is 11.9. The van der Waals surface area contributed by atoms with Crippen LogP contribution in [0.3, 0.4) is 0 Å². The van der Waals surface area contributed by atoms with Crippen LogP contribution >= 0.6 is 0 Å². The zero-order chi connectivity index (χ0) is 18.4. The summed E-state index contributed by atoms with van der Waals surface area (Å²) in [4.78, 5) is 11.9. The van der Waals surface area contributed by atoms with E-state index in [0.717, 1.165) is 16.5 Å². The molecule has 3 aromatic carbocycles. The molecule has 0 aliphatic rings. The summed E-state index contributed by atoms with van der Waals surface area (Å²) >= 11 is 0. The van der Waals surface area contributed by atoms with Gasteiger partial charge >= 0.3 is 0 Å². The molecule has 0 saturated heterocycles. The zero-order valence-electron chi connectivity index (χ0n) is 14.3. The number of nitrogens with zero attached hydrogens (tertiary/aromatic N) is 1. The molecule has 6 nitrogen and oxygen atoms in total. The number of benzene rings is 3. The molecule has 1 amide bonds. The molecule has 6 heteroatoms. The molecule has 0 fully saturated rings. The molecule has 3 N–H and O–H groups in total. The third kappa shape index (κ3) is 4.30. The maximum absolute atomic E-state index is 11.9. The Hall–Kier alpha value is -3.54. The average molecular weight is 349 g/mol. The Balaban J connectivity index is 1.55. The molecule has 3 aromatic rings. The monoisotopic (exact) mass is 349 g/mol. The second-order valence-corrected chi connectivity index (χ2v) is 5.63. The molecule has 132 valence electrons. The topological polar surface area (TPSA) is 83.0 Å². The average Bonchev–Trinajstić information content (AvgIpc) is 2.67. The number of ether oxygens (including phenoxy) is 1. The minimum Gasteiger partial charge on any atom is -0.507 e. The van der Waals surface area contributed by atoms with Crippen molar-refractivity contribution in [3.8, 4) is 11.5 Å². The van der Waals surface area contributed by atoms with Gasteiger partial charge in [-0.3, -0.25) is 4.79 Å². The van der Waals surface area contributed by atoms with Crippen LogP contribution in [0, 0.1) is 0 Å². The van der Waals surface area contributed by atoms with E-state index in [1.54, 1.807) is 12.1 Å². The number of carbonyl (C=O) groups excluding carboxylic acids is 1. The molecule has 0 unspecified atom stereocenters. The molecule has 0 saturated carbocycles. The Kier molecular flexibility index (Phi) is 5.34. The van der Waals surface area contributed by atoms with Crippen LogP contribution in [0.5, 0.6) is 11.5 Å². The Morgan fingerprint density at radius 1 is 1.12 bits per heavy atom. The molecular weight excluding hydrogens is 330 g/mol. The van der Waals surface area contributed by atoms with Gasteiger partial charge in [-0.15, -0.1) is 0 Å². The van der Waals surface area contributed by atoms with E-state index in [1.165, 1.54) is 19.4 Å². The number of hydrazone groups is 1. The Morgan fingerprint density at radius 3 is 2.73 bits per heavy atom. The van der Waals surface area contributed by atoms with Gasteiger partial charge in [0.1, 0.15) is 11.5 Å². The Labute approximate surface area is 151 Å². The van der Waals surface area contributed by atoms with Crippen molar-refractivity contribution in [3.63, 3.8) is 0 Å². The number of anilines is 1. The van der Waals surface area contributed by atoms with E-state index in [9.17, 15) is 9.90 Å². The number of phenolic OH excluding ortho intramolecular Hbond substituents is 1. The van der Waals surface area contributed by atoms with Gasteiger partial charge < -0.3 is 15.2 Å². The van der Waals surface area contributed by atoms with Crippen molar-refractivity contribution in [1.29, 1.82) is 0 Å². The van der Waals surface area contributed by atoms with Gasteiger partial charge in [-0.25, -0.2) is 5.43 Å². The number of hydrogen-bond donors (Lipinski definition) is 3. The number of carbonyl (C=O) groups is 1. The van der Waals surface area contributed by atoms with Crippen LogP contribution in [0.25, 0.3) is 10.8 Å². The van der Waals surface area contributed by atoms with Gasteiger partial charge in [0.2, 0.25) is 0 Å². The third-order valence-electron chi connectivity index (χ3n) is 3.83. The number of phenols is 1. The van der Waals surface area contributed by atoms with Gasteiger partial charge in [-0.1, -0.05) is 30.3 Å². The van der Waals surface area contributed by atoms with Crippen molar-refractivity contribution in [2.75, 3.05) is 19.0 Å². The summed E-state index contributed by atoms with van der Waals surface area (Å²) in [7, 11) is 1.54. The number of amides is 1. The summed E-state index contributed by atoms with van der Waals surface area (Å²) in [5, 5.41) is 18.9. The molecule has 0 spiro atoms. The van der Waals surface area contributed by atoms with Crippen LogP contribution in [0.4, 0.5) is 5.69 Å². The lowest BCUT2D eigenvalue weighted by Gasteiger charge is -2.07. The van der Waals surface area contributed by atoms with Crippen molar-refractivity contribution < 1.29 is 14.6 Å². The molecule has 0 radical (unpaired) electrons. The highest BCUT2D eigenvalue weighted by Gasteiger charge is 2.03. The first kappa shape index (κ1) is 17.3. The number of aromatic hydroxyl groups is 1. The molecule has 3 rings (SSSR count). The summed E-state index contributed by atoms with van der Waals surface area (Å²) in [5.41, 5.74) is 3.73. The summed E-state index contributed by atoms with van der Waals surface area (Å²) < 4.78 is 5.09. The Bertz CT molecular complexity index is 954. The van der Waals surface area contributed by atoms with E-state index >= 15 is 0 Å². The van der Waals surface area contributed by atoms with Crippen molar-refractivity contribution >= 4 is 28.6 Å². The van der Waals surface area contributed by atoms with Crippen LogP contribution in [0.15, 0.2) is 65.8 Å². The van der Waals surface area contributed by atoms with Gasteiger partial charge in [0.05, 0.1) is 19.9 Å². The van der Waals surface area contributed by atoms with Gasteiger partial charge in [-0.2, -0.15) is 5.10 Å².